The number of fused-ring (bicyclic) bond motifs is 1. The molecule has 9 nitrogen and oxygen atoms in total. The van der Waals surface area contributed by atoms with Gasteiger partial charge in [0.15, 0.2) is 22.9 Å². The third-order valence-electron chi connectivity index (χ3n) is 6.91. The molecule has 1 aromatic carbocycles. The number of nitrogens with one attached hydrogen (secondary N) is 1. The van der Waals surface area contributed by atoms with E-state index in [1.807, 2.05) is 31.2 Å². The van der Waals surface area contributed by atoms with E-state index in [2.05, 4.69) is 26.3 Å². The molecule has 3 N–H and O–H groups in total. The number of aromatic hydroxyl groups is 1. The Morgan fingerprint density at radius 3 is 2.87 bits per heavy atom. The van der Waals surface area contributed by atoms with Gasteiger partial charge in [-0.1, -0.05) is 12.1 Å². The van der Waals surface area contributed by atoms with Gasteiger partial charge in [0.1, 0.15) is 0 Å². The van der Waals surface area contributed by atoms with E-state index in [0.717, 1.165) is 55.7 Å². The van der Waals surface area contributed by atoms with Gasteiger partial charge in [0.25, 0.3) is 0 Å². The fourth-order valence-corrected chi connectivity index (χ4v) is 4.77. The average Bonchev–Trinajstić information content (AvgIpc) is 3.46. The summed E-state index contributed by atoms with van der Waals surface area (Å²) in [5.41, 5.74) is 4.39. The van der Waals surface area contributed by atoms with Crippen molar-refractivity contribution in [3.05, 3.63) is 64.5 Å². The van der Waals surface area contributed by atoms with Crippen LogP contribution in [-0.4, -0.2) is 64.6 Å². The number of aromatic nitrogens is 1. The van der Waals surface area contributed by atoms with Crippen LogP contribution in [-0.2, 0) is 11.2 Å². The summed E-state index contributed by atoms with van der Waals surface area (Å²) in [4.78, 5) is 23.7. The second-order valence-corrected chi connectivity index (χ2v) is 9.57. The van der Waals surface area contributed by atoms with Crippen LogP contribution in [0.4, 0.5) is 17.4 Å². The van der Waals surface area contributed by atoms with Crippen molar-refractivity contribution < 1.29 is 24.2 Å². The molecule has 0 spiro atoms. The third-order valence-corrected chi connectivity index (χ3v) is 6.91. The van der Waals surface area contributed by atoms with Gasteiger partial charge in [-0.15, -0.1) is 0 Å². The number of carbonyl (C=O) groups is 1. The van der Waals surface area contributed by atoms with E-state index in [0.29, 0.717) is 11.4 Å². The monoisotopic (exact) mass is 516 g/mol. The predicted molar refractivity (Wildman–Crippen MR) is 146 cm³/mol. The Morgan fingerprint density at radius 1 is 1.29 bits per heavy atom. The number of nitrogens with zero attached hydrogens (tertiary/aromatic N) is 3. The number of rotatable bonds is 8. The Kier molecular flexibility index (Phi) is 7.57. The molecular weight excluding hydrogens is 484 g/mol. The summed E-state index contributed by atoms with van der Waals surface area (Å²) in [6, 6.07) is 9.79. The zero-order valence-corrected chi connectivity index (χ0v) is 21.6. The summed E-state index contributed by atoms with van der Waals surface area (Å²) in [5, 5.41) is 23.9. The number of likely N-dealkylation sites (tertiary alicyclic amines) is 1. The number of piperidine rings is 1. The standard InChI is InChI=1S/C29H32N4O5/c1-3-37-29(36)25-26(35)24(16-20-17-31-27-22(20)5-4-11-30-27)38-28(25)32-23-7-6-19(15-18(23)2)8-12-33-13-9-21(34)10-14-33/h4-7,11,15-17,21,32,34-35H,3,8-10,12-14H2,1-2H3. The molecular formula is C29H32N4O5. The fraction of sp³-hybridized carbons (Fsp3) is 0.345. The van der Waals surface area contributed by atoms with Crippen molar-refractivity contribution in [3.8, 4) is 5.75 Å². The molecule has 0 saturated carbocycles. The highest BCUT2D eigenvalue weighted by Gasteiger charge is 2.27. The number of hydrogen-bond donors (Lipinski definition) is 3. The minimum absolute atomic E-state index is 0.0594. The van der Waals surface area contributed by atoms with E-state index in [1.54, 1.807) is 25.4 Å². The Hall–Kier alpha value is -3.95. The predicted octanol–water partition coefficient (Wildman–Crippen LogP) is 4.86. The zero-order valence-electron chi connectivity index (χ0n) is 21.6. The number of allylic oxidation sites excluding steroid dienone is 1. The van der Waals surface area contributed by atoms with Crippen LogP contribution < -0.4 is 5.32 Å². The molecule has 2 aliphatic rings. The molecule has 0 unspecified atom stereocenters. The molecule has 5 rings (SSSR count). The lowest BCUT2D eigenvalue weighted by Crippen LogP contribution is -2.37. The highest BCUT2D eigenvalue weighted by Crippen LogP contribution is 2.39. The summed E-state index contributed by atoms with van der Waals surface area (Å²) >= 11 is 0. The van der Waals surface area contributed by atoms with Crippen LogP contribution in [0.5, 0.6) is 5.75 Å². The van der Waals surface area contributed by atoms with Crippen LogP contribution in [0.1, 0.15) is 52.6 Å². The first-order valence-corrected chi connectivity index (χ1v) is 12.9. The third kappa shape index (κ3) is 5.49. The molecule has 2 aliphatic heterocycles. The van der Waals surface area contributed by atoms with Crippen molar-refractivity contribution in [2.75, 3.05) is 31.6 Å². The molecule has 0 amide bonds. The summed E-state index contributed by atoms with van der Waals surface area (Å²) in [6.07, 6.45) is 7.33. The van der Waals surface area contributed by atoms with E-state index in [9.17, 15) is 15.0 Å². The number of esters is 1. The second-order valence-electron chi connectivity index (χ2n) is 9.57. The molecule has 38 heavy (non-hydrogen) atoms. The number of hydrogen-bond acceptors (Lipinski definition) is 9. The summed E-state index contributed by atoms with van der Waals surface area (Å²) in [5.74, 6) is -0.164. The van der Waals surface area contributed by atoms with Gasteiger partial charge < -0.3 is 29.6 Å². The van der Waals surface area contributed by atoms with E-state index in [-0.39, 0.29) is 35.7 Å². The van der Waals surface area contributed by atoms with E-state index < -0.39 is 5.97 Å². The molecule has 4 heterocycles. The minimum atomic E-state index is -0.677. The van der Waals surface area contributed by atoms with Gasteiger partial charge in [-0.25, -0.2) is 14.8 Å². The lowest BCUT2D eigenvalue weighted by molar-refractivity contribution is 0.0524. The van der Waals surface area contributed by atoms with Gasteiger partial charge in [0.05, 0.1) is 12.7 Å². The molecule has 2 aromatic heterocycles. The second kappa shape index (κ2) is 11.2. The maximum absolute atomic E-state index is 12.8. The van der Waals surface area contributed by atoms with Gasteiger partial charge >= 0.3 is 5.97 Å². The fourth-order valence-electron chi connectivity index (χ4n) is 4.77. The van der Waals surface area contributed by atoms with Crippen LogP contribution in [0.3, 0.4) is 0 Å². The first kappa shape index (κ1) is 25.7. The Labute approximate surface area is 221 Å². The number of anilines is 2. The number of aliphatic imine (C=N–C) groups is 1. The molecule has 3 aromatic rings. The molecule has 1 saturated heterocycles. The van der Waals surface area contributed by atoms with Crippen LogP contribution >= 0.6 is 0 Å². The van der Waals surface area contributed by atoms with E-state index in [4.69, 9.17) is 9.15 Å². The molecule has 0 atom stereocenters. The number of pyridine rings is 1. The van der Waals surface area contributed by atoms with Gasteiger partial charge in [-0.3, -0.25) is 0 Å². The topological polar surface area (TPSA) is 120 Å². The smallest absolute Gasteiger partial charge is 0.347 e. The molecule has 9 heteroatoms. The van der Waals surface area contributed by atoms with Crippen molar-refractivity contribution in [2.24, 2.45) is 4.99 Å². The average molecular weight is 517 g/mol. The van der Waals surface area contributed by atoms with Gasteiger partial charge in [0.2, 0.25) is 5.88 Å². The van der Waals surface area contributed by atoms with Gasteiger partial charge in [-0.05, 0) is 68.5 Å². The Balaban J connectivity index is 1.37. The summed E-state index contributed by atoms with van der Waals surface area (Å²) in [7, 11) is 0. The summed E-state index contributed by atoms with van der Waals surface area (Å²) in [6.45, 7) is 6.64. The van der Waals surface area contributed by atoms with Gasteiger partial charge in [-0.2, -0.15) is 0 Å². The molecule has 1 fully saturated rings. The maximum Gasteiger partial charge on any atom is 0.347 e. The minimum Gasteiger partial charge on any atom is -0.504 e. The Morgan fingerprint density at radius 2 is 2.11 bits per heavy atom. The number of carbonyl (C=O) groups excluding carboxylic acids is 1. The van der Waals surface area contributed by atoms with E-state index >= 15 is 0 Å². The van der Waals surface area contributed by atoms with Crippen LogP contribution in [0.25, 0.3) is 11.6 Å². The first-order valence-electron chi connectivity index (χ1n) is 12.9. The lowest BCUT2D eigenvalue weighted by Gasteiger charge is -2.29. The molecule has 0 bridgehead atoms. The highest BCUT2D eigenvalue weighted by molar-refractivity contribution is 6.21. The van der Waals surface area contributed by atoms with Crippen molar-refractivity contribution in [1.82, 2.24) is 9.88 Å². The molecule has 0 aliphatic carbocycles. The first-order chi connectivity index (χ1) is 18.4. The lowest BCUT2D eigenvalue weighted by atomic mass is 10.0. The number of aliphatic hydroxyl groups is 1. The van der Waals surface area contributed by atoms with Crippen molar-refractivity contribution in [3.63, 3.8) is 0 Å². The van der Waals surface area contributed by atoms with E-state index in [1.165, 1.54) is 5.56 Å². The number of aryl methyl sites for hydroxylation is 1. The zero-order chi connectivity index (χ0) is 26.6. The highest BCUT2D eigenvalue weighted by atomic mass is 16.5. The summed E-state index contributed by atoms with van der Waals surface area (Å²) < 4.78 is 11.2. The maximum atomic E-state index is 12.8. The normalized spacial score (nSPS) is 16.7. The van der Waals surface area contributed by atoms with Crippen molar-refractivity contribution in [2.45, 2.75) is 39.2 Å². The van der Waals surface area contributed by atoms with Crippen LogP contribution in [0.2, 0.25) is 0 Å². The number of ether oxygens (including phenoxy) is 1. The number of aliphatic hydroxyl groups excluding tert-OH is 1. The van der Waals surface area contributed by atoms with Crippen LogP contribution in [0.15, 0.2) is 45.9 Å². The number of furan rings is 1. The number of benzene rings is 1. The Bertz CT molecular complexity index is 1390. The quantitative estimate of drug-likeness (QED) is 0.363. The van der Waals surface area contributed by atoms with Crippen LogP contribution in [0, 0.1) is 6.92 Å². The molecule has 0 radical (unpaired) electrons. The largest absolute Gasteiger partial charge is 0.504 e. The van der Waals surface area contributed by atoms with Gasteiger partial charge in [0, 0.05) is 48.9 Å². The van der Waals surface area contributed by atoms with Crippen molar-refractivity contribution >= 4 is 41.2 Å². The molecule has 198 valence electrons. The van der Waals surface area contributed by atoms with Crippen molar-refractivity contribution in [1.29, 1.82) is 0 Å². The SMILES string of the molecule is CCOC(=O)c1c(Nc2ccc(CCN3CCC(O)CC3)cc2C)oc(C=C2C=Nc3ncccc32)c1O.